The molecule has 0 heterocycles. The second-order valence-corrected chi connectivity index (χ2v) is 6.04. The molecule has 23 heavy (non-hydrogen) atoms. The molecule has 2 aromatic rings. The monoisotopic (exact) mass is 374 g/mol. The zero-order valence-corrected chi connectivity index (χ0v) is 14.3. The average molecular weight is 375 g/mol. The predicted molar refractivity (Wildman–Crippen MR) is 94.2 cm³/mol. The average Bonchev–Trinajstić information content (AvgIpc) is 2.58. The smallest absolute Gasteiger partial charge is 0.251 e. The first-order valence-corrected chi connectivity index (χ1v) is 8.29. The van der Waals surface area contributed by atoms with Gasteiger partial charge in [0.2, 0.25) is 5.91 Å². The second kappa shape index (κ2) is 9.10. The first-order valence-electron chi connectivity index (χ1n) is 7.49. The minimum atomic E-state index is -0.253. The summed E-state index contributed by atoms with van der Waals surface area (Å²) in [6.07, 6.45) is 1.79. The fraction of sp³-hybridized carbons (Fsp3) is 0.222. The molecule has 0 aliphatic rings. The number of halogens is 1. The molecule has 2 rings (SSSR count). The summed E-state index contributed by atoms with van der Waals surface area (Å²) in [7, 11) is 0. The van der Waals surface area contributed by atoms with Crippen molar-refractivity contribution in [2.45, 2.75) is 12.8 Å². The summed E-state index contributed by atoms with van der Waals surface area (Å²) in [5.41, 5.74) is 1.79. The number of amides is 2. The second-order valence-electron chi connectivity index (χ2n) is 5.13. The van der Waals surface area contributed by atoms with Crippen LogP contribution in [0, 0.1) is 0 Å². The molecule has 0 bridgehead atoms. The molecular weight excluding hydrogens is 356 g/mol. The highest BCUT2D eigenvalue weighted by Crippen LogP contribution is 2.10. The van der Waals surface area contributed by atoms with E-state index in [1.165, 1.54) is 5.56 Å². The van der Waals surface area contributed by atoms with Gasteiger partial charge < -0.3 is 10.6 Å². The lowest BCUT2D eigenvalue weighted by atomic mass is 10.1. The lowest BCUT2D eigenvalue weighted by molar-refractivity contribution is -0.120. The van der Waals surface area contributed by atoms with Gasteiger partial charge in [-0.25, -0.2) is 0 Å². The molecule has 2 aromatic carbocycles. The van der Waals surface area contributed by atoms with Crippen LogP contribution in [-0.4, -0.2) is 24.9 Å². The van der Waals surface area contributed by atoms with Crippen LogP contribution in [0.2, 0.25) is 0 Å². The van der Waals surface area contributed by atoms with Crippen molar-refractivity contribution in [2.75, 3.05) is 13.1 Å². The van der Waals surface area contributed by atoms with E-state index in [-0.39, 0.29) is 18.4 Å². The molecule has 0 aliphatic heterocycles. The first-order chi connectivity index (χ1) is 11.1. The van der Waals surface area contributed by atoms with Gasteiger partial charge in [-0.1, -0.05) is 46.3 Å². The van der Waals surface area contributed by atoms with Crippen LogP contribution < -0.4 is 10.6 Å². The number of aryl methyl sites for hydroxylation is 1. The maximum Gasteiger partial charge on any atom is 0.251 e. The van der Waals surface area contributed by atoms with Gasteiger partial charge in [-0.05, 0) is 42.7 Å². The van der Waals surface area contributed by atoms with E-state index in [1.54, 1.807) is 24.3 Å². The van der Waals surface area contributed by atoms with Crippen LogP contribution in [0.1, 0.15) is 22.3 Å². The van der Waals surface area contributed by atoms with Gasteiger partial charge in [-0.15, -0.1) is 0 Å². The Labute approximate surface area is 144 Å². The van der Waals surface area contributed by atoms with Crippen LogP contribution in [0.3, 0.4) is 0 Å². The van der Waals surface area contributed by atoms with Gasteiger partial charge in [-0.3, -0.25) is 9.59 Å². The molecule has 0 unspecified atom stereocenters. The van der Waals surface area contributed by atoms with Crippen molar-refractivity contribution in [3.63, 3.8) is 0 Å². The molecular formula is C18H19BrN2O2. The normalized spacial score (nSPS) is 10.1. The molecule has 2 N–H and O–H groups in total. The maximum atomic E-state index is 11.9. The summed E-state index contributed by atoms with van der Waals surface area (Å²) >= 11 is 3.31. The SMILES string of the molecule is O=C(CNC(=O)c1ccc(Br)cc1)NCCCc1ccccc1. The first kappa shape index (κ1) is 17.2. The summed E-state index contributed by atoms with van der Waals surface area (Å²) in [6.45, 7) is 0.585. The number of nitrogens with one attached hydrogen (secondary N) is 2. The third-order valence-corrected chi connectivity index (χ3v) is 3.85. The van der Waals surface area contributed by atoms with E-state index in [4.69, 9.17) is 0 Å². The van der Waals surface area contributed by atoms with Crippen molar-refractivity contribution >= 4 is 27.7 Å². The molecule has 0 radical (unpaired) electrons. The molecule has 0 atom stereocenters. The van der Waals surface area contributed by atoms with Gasteiger partial charge in [0.05, 0.1) is 6.54 Å². The molecule has 120 valence electrons. The summed E-state index contributed by atoms with van der Waals surface area (Å²) in [5, 5.41) is 5.42. The van der Waals surface area contributed by atoms with Crippen molar-refractivity contribution < 1.29 is 9.59 Å². The van der Waals surface area contributed by atoms with Crippen molar-refractivity contribution in [3.05, 3.63) is 70.2 Å². The van der Waals surface area contributed by atoms with E-state index >= 15 is 0 Å². The third kappa shape index (κ3) is 6.24. The Morgan fingerprint density at radius 3 is 2.30 bits per heavy atom. The van der Waals surface area contributed by atoms with Crippen molar-refractivity contribution in [1.82, 2.24) is 10.6 Å². The Morgan fingerprint density at radius 2 is 1.61 bits per heavy atom. The fourth-order valence-corrected chi connectivity index (χ4v) is 2.36. The molecule has 0 aromatic heterocycles. The van der Waals surface area contributed by atoms with E-state index < -0.39 is 0 Å². The van der Waals surface area contributed by atoms with Crippen LogP contribution in [0.5, 0.6) is 0 Å². The molecule has 0 saturated carbocycles. The fourth-order valence-electron chi connectivity index (χ4n) is 2.09. The molecule has 0 spiro atoms. The molecule has 0 saturated heterocycles. The van der Waals surface area contributed by atoms with Gasteiger partial charge in [0.25, 0.3) is 5.91 Å². The summed E-state index contributed by atoms with van der Waals surface area (Å²) < 4.78 is 0.908. The minimum Gasteiger partial charge on any atom is -0.355 e. The molecule has 5 heteroatoms. The Hall–Kier alpha value is -2.14. The lowest BCUT2D eigenvalue weighted by Crippen LogP contribution is -2.37. The Morgan fingerprint density at radius 1 is 0.913 bits per heavy atom. The van der Waals surface area contributed by atoms with E-state index in [1.807, 2.05) is 18.2 Å². The van der Waals surface area contributed by atoms with Crippen molar-refractivity contribution in [3.8, 4) is 0 Å². The maximum absolute atomic E-state index is 11.9. The number of rotatable bonds is 7. The van der Waals surface area contributed by atoms with Crippen LogP contribution >= 0.6 is 15.9 Å². The highest BCUT2D eigenvalue weighted by Gasteiger charge is 2.07. The molecule has 4 nitrogen and oxygen atoms in total. The van der Waals surface area contributed by atoms with Crippen LogP contribution in [0.25, 0.3) is 0 Å². The van der Waals surface area contributed by atoms with Gasteiger partial charge in [0, 0.05) is 16.6 Å². The summed E-state index contributed by atoms with van der Waals surface area (Å²) in [5.74, 6) is -0.430. The minimum absolute atomic E-state index is 0.0137. The Bertz CT molecular complexity index is 642. The zero-order chi connectivity index (χ0) is 16.5. The van der Waals surface area contributed by atoms with Crippen molar-refractivity contribution in [2.24, 2.45) is 0 Å². The largest absolute Gasteiger partial charge is 0.355 e. The third-order valence-electron chi connectivity index (χ3n) is 3.32. The summed E-state index contributed by atoms with van der Waals surface area (Å²) in [6, 6.07) is 17.1. The number of hydrogen-bond donors (Lipinski definition) is 2. The van der Waals surface area contributed by atoms with Crippen LogP contribution in [0.15, 0.2) is 59.1 Å². The van der Waals surface area contributed by atoms with E-state index in [2.05, 4.69) is 38.7 Å². The highest BCUT2D eigenvalue weighted by molar-refractivity contribution is 9.10. The number of hydrogen-bond acceptors (Lipinski definition) is 2. The molecule has 0 fully saturated rings. The lowest BCUT2D eigenvalue weighted by Gasteiger charge is -2.07. The van der Waals surface area contributed by atoms with E-state index in [0.717, 1.165) is 17.3 Å². The Kier molecular flexibility index (Phi) is 6.81. The van der Waals surface area contributed by atoms with Crippen LogP contribution in [0.4, 0.5) is 0 Å². The molecule has 2 amide bonds. The number of carbonyl (C=O) groups is 2. The molecule has 0 aliphatic carbocycles. The standard InChI is InChI=1S/C18H19BrN2O2/c19-16-10-8-15(9-11-16)18(23)21-13-17(22)20-12-4-7-14-5-2-1-3-6-14/h1-3,5-6,8-11H,4,7,12-13H2,(H,20,22)(H,21,23). The van der Waals surface area contributed by atoms with Gasteiger partial charge in [0.15, 0.2) is 0 Å². The topological polar surface area (TPSA) is 58.2 Å². The van der Waals surface area contributed by atoms with Gasteiger partial charge in [-0.2, -0.15) is 0 Å². The van der Waals surface area contributed by atoms with Crippen LogP contribution in [-0.2, 0) is 11.2 Å². The van der Waals surface area contributed by atoms with Gasteiger partial charge >= 0.3 is 0 Å². The quantitative estimate of drug-likeness (QED) is 0.732. The Balaban J connectivity index is 1.63. The summed E-state index contributed by atoms with van der Waals surface area (Å²) in [4.78, 5) is 23.6. The highest BCUT2D eigenvalue weighted by atomic mass is 79.9. The predicted octanol–water partition coefficient (Wildman–Crippen LogP) is 2.93. The zero-order valence-electron chi connectivity index (χ0n) is 12.7. The van der Waals surface area contributed by atoms with E-state index in [9.17, 15) is 9.59 Å². The van der Waals surface area contributed by atoms with Crippen molar-refractivity contribution in [1.29, 1.82) is 0 Å². The van der Waals surface area contributed by atoms with Gasteiger partial charge in [0.1, 0.15) is 0 Å². The van der Waals surface area contributed by atoms with E-state index in [0.29, 0.717) is 12.1 Å². The number of benzene rings is 2. The number of carbonyl (C=O) groups excluding carboxylic acids is 2.